The first-order valence-corrected chi connectivity index (χ1v) is 4.65. The van der Waals surface area contributed by atoms with Crippen LogP contribution >= 0.6 is 0 Å². The molecule has 1 aromatic carbocycles. The van der Waals surface area contributed by atoms with Crippen LogP contribution in [0.15, 0.2) is 0 Å². The molecule has 0 aliphatic carbocycles. The summed E-state index contributed by atoms with van der Waals surface area (Å²) in [5, 5.41) is 0. The average molecular weight is 246 g/mol. The number of hydrogen-bond acceptors (Lipinski definition) is 6. The second-order valence-corrected chi connectivity index (χ2v) is 3.19. The predicted octanol–water partition coefficient (Wildman–Crippen LogP) is 0.562. The first kappa shape index (κ1) is 13.3. The summed E-state index contributed by atoms with van der Waals surface area (Å²) >= 11 is 0. The molecule has 1 rings (SSSR count). The third-order valence-electron chi connectivity index (χ3n) is 2.45. The standard InChI is InChI=1S/C12H6O6/c13-1-7-8(2-14)10(4-16)12(6-18)11(5-17)9(7)3-15/h1-6H. The molecule has 0 heterocycles. The van der Waals surface area contributed by atoms with Crippen molar-refractivity contribution in [2.75, 3.05) is 0 Å². The van der Waals surface area contributed by atoms with Gasteiger partial charge in [0.15, 0.2) is 37.7 Å². The summed E-state index contributed by atoms with van der Waals surface area (Å²) in [6.07, 6.45) is 1.10. The van der Waals surface area contributed by atoms with Crippen LogP contribution in [0.2, 0.25) is 0 Å². The summed E-state index contributed by atoms with van der Waals surface area (Å²) in [4.78, 5) is 65.2. The predicted molar refractivity (Wildman–Crippen MR) is 58.8 cm³/mol. The molecule has 6 heteroatoms. The van der Waals surface area contributed by atoms with E-state index in [4.69, 9.17) is 0 Å². The Morgan fingerprint density at radius 1 is 0.333 bits per heavy atom. The Kier molecular flexibility index (Phi) is 4.09. The molecule has 0 bridgehead atoms. The molecule has 0 N–H and O–H groups in total. The number of rotatable bonds is 6. The molecule has 0 radical (unpaired) electrons. The highest BCUT2D eigenvalue weighted by molar-refractivity contribution is 6.13. The lowest BCUT2D eigenvalue weighted by Gasteiger charge is -2.10. The number of carbonyl (C=O) groups excluding carboxylic acids is 6. The van der Waals surface area contributed by atoms with Gasteiger partial charge in [-0.05, 0) is 0 Å². The summed E-state index contributed by atoms with van der Waals surface area (Å²) in [6, 6.07) is 0. The van der Waals surface area contributed by atoms with Crippen LogP contribution in [0.5, 0.6) is 0 Å². The van der Waals surface area contributed by atoms with Gasteiger partial charge in [0.05, 0.1) is 0 Å². The van der Waals surface area contributed by atoms with E-state index in [-0.39, 0.29) is 71.1 Å². The molecular weight excluding hydrogens is 240 g/mol. The highest BCUT2D eigenvalue weighted by atomic mass is 16.1. The van der Waals surface area contributed by atoms with Gasteiger partial charge in [0.2, 0.25) is 0 Å². The molecule has 0 saturated heterocycles. The SMILES string of the molecule is O=Cc1c(C=O)c(C=O)c(C=O)c(C=O)c1C=O. The number of carbonyl (C=O) groups is 6. The summed E-state index contributed by atoms with van der Waals surface area (Å²) in [5.74, 6) is 0. The summed E-state index contributed by atoms with van der Waals surface area (Å²) < 4.78 is 0. The molecule has 1 aromatic rings. The fourth-order valence-electron chi connectivity index (χ4n) is 1.63. The van der Waals surface area contributed by atoms with Gasteiger partial charge in [-0.25, -0.2) is 0 Å². The molecule has 0 amide bonds. The van der Waals surface area contributed by atoms with Crippen LogP contribution in [-0.2, 0) is 0 Å². The van der Waals surface area contributed by atoms with E-state index in [1.807, 2.05) is 0 Å². The zero-order chi connectivity index (χ0) is 13.7. The molecule has 0 atom stereocenters. The van der Waals surface area contributed by atoms with E-state index >= 15 is 0 Å². The van der Waals surface area contributed by atoms with Gasteiger partial charge < -0.3 is 0 Å². The van der Waals surface area contributed by atoms with E-state index in [1.165, 1.54) is 0 Å². The lowest BCUT2D eigenvalue weighted by Crippen LogP contribution is -2.12. The molecule has 0 saturated carbocycles. The lowest BCUT2D eigenvalue weighted by molar-refractivity contribution is 0.106. The van der Waals surface area contributed by atoms with Crippen LogP contribution < -0.4 is 0 Å². The van der Waals surface area contributed by atoms with Gasteiger partial charge >= 0.3 is 0 Å². The molecule has 18 heavy (non-hydrogen) atoms. The Bertz CT molecular complexity index is 419. The molecule has 6 nitrogen and oxygen atoms in total. The minimum Gasteiger partial charge on any atom is -0.298 e. The fraction of sp³-hybridized carbons (Fsp3) is 0. The summed E-state index contributed by atoms with van der Waals surface area (Å²) in [5.41, 5.74) is -2.28. The van der Waals surface area contributed by atoms with Crippen molar-refractivity contribution in [3.8, 4) is 0 Å². The second-order valence-electron chi connectivity index (χ2n) is 3.19. The van der Waals surface area contributed by atoms with E-state index in [0.29, 0.717) is 0 Å². The fourth-order valence-corrected chi connectivity index (χ4v) is 1.63. The molecule has 0 spiro atoms. The third-order valence-corrected chi connectivity index (χ3v) is 2.45. The number of hydrogen-bond donors (Lipinski definition) is 0. The van der Waals surface area contributed by atoms with E-state index in [9.17, 15) is 28.8 Å². The van der Waals surface area contributed by atoms with Gasteiger partial charge in [-0.15, -0.1) is 0 Å². The van der Waals surface area contributed by atoms with Gasteiger partial charge in [0.1, 0.15) is 0 Å². The highest BCUT2D eigenvalue weighted by Gasteiger charge is 2.22. The lowest BCUT2D eigenvalue weighted by atomic mass is 9.89. The van der Waals surface area contributed by atoms with E-state index < -0.39 is 0 Å². The van der Waals surface area contributed by atoms with E-state index in [2.05, 4.69) is 0 Å². The van der Waals surface area contributed by atoms with Crippen LogP contribution in [0.1, 0.15) is 62.1 Å². The van der Waals surface area contributed by atoms with Crippen molar-refractivity contribution in [2.24, 2.45) is 0 Å². The van der Waals surface area contributed by atoms with E-state index in [0.717, 1.165) is 0 Å². The maximum Gasteiger partial charge on any atom is 0.151 e. The quantitative estimate of drug-likeness (QED) is 0.679. The first-order valence-electron chi connectivity index (χ1n) is 4.65. The van der Waals surface area contributed by atoms with Crippen molar-refractivity contribution >= 4 is 37.7 Å². The molecule has 0 aliphatic rings. The molecule has 90 valence electrons. The Hall–Kier alpha value is -2.76. The zero-order valence-electron chi connectivity index (χ0n) is 8.91. The van der Waals surface area contributed by atoms with Gasteiger partial charge in [-0.2, -0.15) is 0 Å². The van der Waals surface area contributed by atoms with Crippen molar-refractivity contribution < 1.29 is 28.8 Å². The van der Waals surface area contributed by atoms with Crippen LogP contribution in [0, 0.1) is 0 Å². The molecular formula is C12H6O6. The van der Waals surface area contributed by atoms with Crippen molar-refractivity contribution in [3.05, 3.63) is 33.4 Å². The maximum absolute atomic E-state index is 10.9. The maximum atomic E-state index is 10.9. The Morgan fingerprint density at radius 3 is 0.500 bits per heavy atom. The highest BCUT2D eigenvalue weighted by Crippen LogP contribution is 2.22. The third kappa shape index (κ3) is 1.80. The monoisotopic (exact) mass is 246 g/mol. The molecule has 0 unspecified atom stereocenters. The Labute approximate surface area is 101 Å². The minimum atomic E-state index is -0.380. The van der Waals surface area contributed by atoms with E-state index in [1.54, 1.807) is 0 Å². The van der Waals surface area contributed by atoms with Gasteiger partial charge in [0.25, 0.3) is 0 Å². The van der Waals surface area contributed by atoms with Crippen LogP contribution in [0.25, 0.3) is 0 Å². The van der Waals surface area contributed by atoms with Crippen molar-refractivity contribution in [2.45, 2.75) is 0 Å². The second kappa shape index (κ2) is 5.53. The Morgan fingerprint density at radius 2 is 0.444 bits per heavy atom. The average Bonchev–Trinajstić information content (AvgIpc) is 2.43. The normalized spacial score (nSPS) is 9.33. The minimum absolute atomic E-state index is 0.183. The van der Waals surface area contributed by atoms with Crippen LogP contribution in [0.3, 0.4) is 0 Å². The number of benzene rings is 1. The van der Waals surface area contributed by atoms with Crippen LogP contribution in [0.4, 0.5) is 0 Å². The zero-order valence-corrected chi connectivity index (χ0v) is 8.91. The smallest absolute Gasteiger partial charge is 0.151 e. The first-order chi connectivity index (χ1) is 8.69. The molecule has 0 aromatic heterocycles. The van der Waals surface area contributed by atoms with Crippen LogP contribution in [-0.4, -0.2) is 37.7 Å². The topological polar surface area (TPSA) is 102 Å². The van der Waals surface area contributed by atoms with Gasteiger partial charge in [-0.3, -0.25) is 28.8 Å². The number of aldehydes is 6. The van der Waals surface area contributed by atoms with Crippen molar-refractivity contribution in [1.82, 2.24) is 0 Å². The van der Waals surface area contributed by atoms with Crippen molar-refractivity contribution in [3.63, 3.8) is 0 Å². The van der Waals surface area contributed by atoms with Gasteiger partial charge in [-0.1, -0.05) is 0 Å². The molecule has 0 aliphatic heterocycles. The summed E-state index contributed by atoms with van der Waals surface area (Å²) in [6.45, 7) is 0. The van der Waals surface area contributed by atoms with Crippen molar-refractivity contribution in [1.29, 1.82) is 0 Å². The molecule has 0 fully saturated rings. The largest absolute Gasteiger partial charge is 0.298 e. The van der Waals surface area contributed by atoms with Gasteiger partial charge in [0, 0.05) is 33.4 Å². The Balaban J connectivity index is 4.07. The summed E-state index contributed by atoms with van der Waals surface area (Å²) in [7, 11) is 0.